The maximum absolute atomic E-state index is 4.74. The summed E-state index contributed by atoms with van der Waals surface area (Å²) in [5.41, 5.74) is 4.36. The van der Waals surface area contributed by atoms with Gasteiger partial charge in [-0.3, -0.25) is 0 Å². The Morgan fingerprint density at radius 2 is 1.73 bits per heavy atom. The molecule has 3 heterocycles. The molecular formula is C19H25ClN4OS. The van der Waals surface area contributed by atoms with E-state index in [1.54, 1.807) is 11.8 Å². The van der Waals surface area contributed by atoms with Crippen molar-refractivity contribution in [2.45, 2.75) is 31.1 Å². The lowest BCUT2D eigenvalue weighted by atomic mass is 10.1. The fourth-order valence-corrected chi connectivity index (χ4v) is 3.78. The third-order valence-electron chi connectivity index (χ3n) is 4.63. The number of rotatable bonds is 3. The number of halogens is 1. The number of hydrogen-bond acceptors (Lipinski definition) is 4. The van der Waals surface area contributed by atoms with Crippen molar-refractivity contribution in [2.75, 3.05) is 24.2 Å². The van der Waals surface area contributed by atoms with Gasteiger partial charge in [0.15, 0.2) is 5.82 Å². The fourth-order valence-electron chi connectivity index (χ4n) is 3.37. The molecule has 0 spiro atoms. The number of hydrogen-bond donors (Lipinski definition) is 1. The number of nitrogens with one attached hydrogen (secondary N) is 1. The van der Waals surface area contributed by atoms with Gasteiger partial charge in [-0.2, -0.15) is 0 Å². The van der Waals surface area contributed by atoms with Crippen LogP contribution in [0.2, 0.25) is 0 Å². The van der Waals surface area contributed by atoms with Crippen LogP contribution >= 0.6 is 24.2 Å². The average molecular weight is 393 g/mol. The molecule has 4 rings (SSSR count). The molecule has 3 aromatic rings. The van der Waals surface area contributed by atoms with E-state index in [-0.39, 0.29) is 17.9 Å². The zero-order valence-corrected chi connectivity index (χ0v) is 16.7. The number of piperidine rings is 1. The second-order valence-corrected chi connectivity index (χ2v) is 7.19. The minimum Gasteiger partial charge on any atom is -0.412 e. The van der Waals surface area contributed by atoms with E-state index in [0.29, 0.717) is 0 Å². The largest absolute Gasteiger partial charge is 0.412 e. The van der Waals surface area contributed by atoms with E-state index >= 15 is 0 Å². The lowest BCUT2D eigenvalue weighted by Crippen LogP contribution is -2.30. The standard InChI is InChI=1S/C19H22N4S.ClH.H2O/c1-13-20-17-12-16(14-6-8-15(24-2)9-7-14)22-18(17)19(21-13)23-10-4-3-5-11-23;;/h6-9,12,22H,3-5,10-11H2,1-2H3;1H;1H2. The number of H-pyrrole nitrogens is 1. The summed E-state index contributed by atoms with van der Waals surface area (Å²) in [6.07, 6.45) is 5.91. The molecule has 0 amide bonds. The highest BCUT2D eigenvalue weighted by molar-refractivity contribution is 7.98. The van der Waals surface area contributed by atoms with Crippen LogP contribution < -0.4 is 4.90 Å². The van der Waals surface area contributed by atoms with E-state index in [1.165, 1.54) is 29.7 Å². The summed E-state index contributed by atoms with van der Waals surface area (Å²) in [4.78, 5) is 16.6. The minimum absolute atomic E-state index is 0. The molecule has 5 nitrogen and oxygen atoms in total. The van der Waals surface area contributed by atoms with Crippen molar-refractivity contribution in [3.63, 3.8) is 0 Å². The molecule has 2 aromatic heterocycles. The van der Waals surface area contributed by atoms with E-state index in [4.69, 9.17) is 4.98 Å². The Kier molecular flexibility index (Phi) is 6.92. The van der Waals surface area contributed by atoms with Crippen LogP contribution in [0.15, 0.2) is 35.2 Å². The molecule has 3 N–H and O–H groups in total. The van der Waals surface area contributed by atoms with Gasteiger partial charge < -0.3 is 15.4 Å². The molecule has 26 heavy (non-hydrogen) atoms. The maximum Gasteiger partial charge on any atom is 0.156 e. The van der Waals surface area contributed by atoms with E-state index in [0.717, 1.165) is 41.5 Å². The van der Waals surface area contributed by atoms with Crippen molar-refractivity contribution in [2.24, 2.45) is 0 Å². The molecule has 7 heteroatoms. The van der Waals surface area contributed by atoms with Crippen LogP contribution in [0.1, 0.15) is 25.1 Å². The van der Waals surface area contributed by atoms with E-state index in [9.17, 15) is 0 Å². The highest BCUT2D eigenvalue weighted by Gasteiger charge is 2.18. The number of nitrogens with zero attached hydrogens (tertiary/aromatic N) is 3. The smallest absolute Gasteiger partial charge is 0.156 e. The number of aromatic nitrogens is 3. The van der Waals surface area contributed by atoms with Crippen molar-refractivity contribution in [3.8, 4) is 11.3 Å². The lowest BCUT2D eigenvalue weighted by molar-refractivity contribution is 0.574. The molecule has 140 valence electrons. The molecule has 0 saturated carbocycles. The fraction of sp³-hybridized carbons (Fsp3) is 0.368. The summed E-state index contributed by atoms with van der Waals surface area (Å²) in [5.74, 6) is 1.90. The first-order chi connectivity index (χ1) is 11.7. The first kappa shape index (κ1) is 20.6. The first-order valence-corrected chi connectivity index (χ1v) is 9.74. The second kappa shape index (κ2) is 8.75. The third kappa shape index (κ3) is 3.98. The average Bonchev–Trinajstić information content (AvgIpc) is 3.05. The molecule has 0 unspecified atom stereocenters. The molecular weight excluding hydrogens is 368 g/mol. The van der Waals surface area contributed by atoms with Crippen molar-refractivity contribution >= 4 is 41.0 Å². The Hall–Kier alpha value is -1.76. The Balaban J connectivity index is 0.00000121. The topological polar surface area (TPSA) is 76.3 Å². The normalized spacial score (nSPS) is 14.0. The predicted molar refractivity (Wildman–Crippen MR) is 113 cm³/mol. The van der Waals surface area contributed by atoms with Crippen LogP contribution in [0.5, 0.6) is 0 Å². The summed E-state index contributed by atoms with van der Waals surface area (Å²) in [5, 5.41) is 0. The molecule has 1 aromatic carbocycles. The van der Waals surface area contributed by atoms with Crippen molar-refractivity contribution in [1.29, 1.82) is 0 Å². The van der Waals surface area contributed by atoms with Gasteiger partial charge >= 0.3 is 0 Å². The number of anilines is 1. The van der Waals surface area contributed by atoms with Gasteiger partial charge in [-0.1, -0.05) is 12.1 Å². The van der Waals surface area contributed by atoms with Crippen molar-refractivity contribution in [3.05, 3.63) is 36.2 Å². The highest BCUT2D eigenvalue weighted by Crippen LogP contribution is 2.30. The zero-order chi connectivity index (χ0) is 16.5. The van der Waals surface area contributed by atoms with Crippen LogP contribution in [-0.2, 0) is 0 Å². The van der Waals surface area contributed by atoms with Gasteiger partial charge in [0.2, 0.25) is 0 Å². The van der Waals surface area contributed by atoms with Gasteiger partial charge in [0.25, 0.3) is 0 Å². The SMILES string of the molecule is CSc1ccc(-c2cc3nc(C)nc(N4CCCCC4)c3[nH]2)cc1.Cl.O. The summed E-state index contributed by atoms with van der Waals surface area (Å²) in [6, 6.07) is 10.8. The van der Waals surface area contributed by atoms with Gasteiger partial charge in [-0.15, -0.1) is 24.2 Å². The molecule has 0 atom stereocenters. The molecule has 1 fully saturated rings. The Bertz CT molecular complexity index is 860. The van der Waals surface area contributed by atoms with E-state index in [1.807, 2.05) is 6.92 Å². The Morgan fingerprint density at radius 1 is 1.04 bits per heavy atom. The van der Waals surface area contributed by atoms with Crippen LogP contribution in [0, 0.1) is 6.92 Å². The Labute approximate surface area is 164 Å². The van der Waals surface area contributed by atoms with Crippen LogP contribution in [0.4, 0.5) is 5.82 Å². The molecule has 0 radical (unpaired) electrons. The van der Waals surface area contributed by atoms with Crippen molar-refractivity contribution in [1.82, 2.24) is 15.0 Å². The summed E-state index contributed by atoms with van der Waals surface area (Å²) in [7, 11) is 0. The second-order valence-electron chi connectivity index (χ2n) is 6.31. The summed E-state index contributed by atoms with van der Waals surface area (Å²) in [6.45, 7) is 4.15. The van der Waals surface area contributed by atoms with Gasteiger partial charge in [0.05, 0.1) is 5.52 Å². The first-order valence-electron chi connectivity index (χ1n) is 8.51. The molecule has 1 aliphatic rings. The van der Waals surface area contributed by atoms with E-state index in [2.05, 4.69) is 51.5 Å². The number of thioether (sulfide) groups is 1. The third-order valence-corrected chi connectivity index (χ3v) is 5.37. The number of fused-ring (bicyclic) bond motifs is 1. The monoisotopic (exact) mass is 392 g/mol. The molecule has 1 saturated heterocycles. The van der Waals surface area contributed by atoms with Gasteiger partial charge in [0, 0.05) is 23.7 Å². The summed E-state index contributed by atoms with van der Waals surface area (Å²) >= 11 is 1.76. The Morgan fingerprint density at radius 3 is 2.38 bits per heavy atom. The van der Waals surface area contributed by atoms with Gasteiger partial charge in [-0.25, -0.2) is 9.97 Å². The van der Waals surface area contributed by atoms with Crippen LogP contribution in [0.25, 0.3) is 22.3 Å². The quantitative estimate of drug-likeness (QED) is 0.676. The van der Waals surface area contributed by atoms with Crippen LogP contribution in [0.3, 0.4) is 0 Å². The molecule has 1 aliphatic heterocycles. The predicted octanol–water partition coefficient (Wildman–Crippen LogP) is 4.24. The zero-order valence-electron chi connectivity index (χ0n) is 15.1. The minimum atomic E-state index is 0. The van der Waals surface area contributed by atoms with E-state index < -0.39 is 0 Å². The van der Waals surface area contributed by atoms with Gasteiger partial charge in [0.1, 0.15) is 11.3 Å². The number of benzene rings is 1. The lowest BCUT2D eigenvalue weighted by Gasteiger charge is -2.28. The highest BCUT2D eigenvalue weighted by atomic mass is 35.5. The maximum atomic E-state index is 4.74. The van der Waals surface area contributed by atoms with Gasteiger partial charge in [-0.05, 0) is 56.2 Å². The van der Waals surface area contributed by atoms with Crippen LogP contribution in [-0.4, -0.2) is 39.8 Å². The molecule has 0 aliphatic carbocycles. The number of aromatic amines is 1. The molecule has 0 bridgehead atoms. The summed E-state index contributed by atoms with van der Waals surface area (Å²) < 4.78 is 0. The van der Waals surface area contributed by atoms with Crippen molar-refractivity contribution < 1.29 is 5.48 Å². The number of aryl methyl sites for hydroxylation is 1.